The van der Waals surface area contributed by atoms with Crippen LogP contribution in [-0.2, 0) is 22.6 Å². The highest BCUT2D eigenvalue weighted by molar-refractivity contribution is 5.91. The summed E-state index contributed by atoms with van der Waals surface area (Å²) in [5, 5.41) is 2.68. The number of nitrogens with one attached hydrogen (secondary N) is 1. The molecule has 2 heterocycles. The van der Waals surface area contributed by atoms with Crippen molar-refractivity contribution < 1.29 is 27.9 Å². The summed E-state index contributed by atoms with van der Waals surface area (Å²) in [6.45, 7) is 5.06. The molecule has 0 saturated heterocycles. The Hall–Kier alpha value is -3.72. The molecule has 190 valence electrons. The molecule has 2 amide bonds. The molecule has 4 rings (SSSR count). The van der Waals surface area contributed by atoms with Crippen LogP contribution in [0, 0.1) is 11.7 Å². The molecule has 9 heteroatoms. The van der Waals surface area contributed by atoms with Crippen LogP contribution < -0.4 is 10.1 Å². The Kier molecular flexibility index (Phi) is 8.00. The van der Waals surface area contributed by atoms with Gasteiger partial charge >= 0.3 is 0 Å². The highest BCUT2D eigenvalue weighted by atomic mass is 19.1. The lowest BCUT2D eigenvalue weighted by Gasteiger charge is -2.39. The average Bonchev–Trinajstić information content (AvgIpc) is 3.35. The molecule has 0 radical (unpaired) electrons. The fourth-order valence-electron chi connectivity index (χ4n) is 4.27. The van der Waals surface area contributed by atoms with Crippen molar-refractivity contribution in [2.24, 2.45) is 5.92 Å². The fraction of sp³-hybridized carbons (Fsp3) is 0.370. The zero-order chi connectivity index (χ0) is 25.7. The molecule has 1 aliphatic heterocycles. The first-order chi connectivity index (χ1) is 17.4. The number of carbonyl (C=O) groups excluding carboxylic acids is 2. The van der Waals surface area contributed by atoms with E-state index in [4.69, 9.17) is 13.9 Å². The number of amides is 2. The number of fused-ring (bicyclic) bond motifs is 1. The minimum atomic E-state index is -0.424. The summed E-state index contributed by atoms with van der Waals surface area (Å²) < 4.78 is 30.4. The summed E-state index contributed by atoms with van der Waals surface area (Å²) in [6, 6.07) is 11.6. The predicted octanol–water partition coefficient (Wildman–Crippen LogP) is 3.90. The number of oxazole rings is 1. The van der Waals surface area contributed by atoms with Gasteiger partial charge in [-0.25, -0.2) is 9.37 Å². The number of nitrogens with zero attached hydrogens (tertiary/aromatic N) is 2. The molecular formula is C27H30FN3O5. The Labute approximate surface area is 209 Å². The van der Waals surface area contributed by atoms with Gasteiger partial charge in [-0.15, -0.1) is 0 Å². The van der Waals surface area contributed by atoms with Crippen LogP contribution in [0.15, 0.2) is 53.1 Å². The standard InChI is InChI=1S/C27H30FN3O5/c1-17(2)27(33)31-11-9-18-7-8-21(14-22(18)25(31)19-5-4-6-20(28)13-19)35-16-24-30-23(15-36-24)26(32)29-10-12-34-3/h4-8,13-15,17,25H,9-12,16H2,1-3H3,(H,29,32). The van der Waals surface area contributed by atoms with Crippen LogP contribution >= 0.6 is 0 Å². The highest BCUT2D eigenvalue weighted by Crippen LogP contribution is 2.38. The third-order valence-corrected chi connectivity index (χ3v) is 6.03. The monoisotopic (exact) mass is 495 g/mol. The van der Waals surface area contributed by atoms with Crippen molar-refractivity contribution in [1.29, 1.82) is 0 Å². The topological polar surface area (TPSA) is 93.9 Å². The lowest BCUT2D eigenvalue weighted by molar-refractivity contribution is -0.136. The maximum absolute atomic E-state index is 14.1. The molecule has 1 aromatic heterocycles. The summed E-state index contributed by atoms with van der Waals surface area (Å²) in [6.07, 6.45) is 1.98. The number of halogens is 1. The Morgan fingerprint density at radius 3 is 2.83 bits per heavy atom. The van der Waals surface area contributed by atoms with E-state index in [0.717, 1.165) is 11.1 Å². The summed E-state index contributed by atoms with van der Waals surface area (Å²) in [5.41, 5.74) is 2.84. The Morgan fingerprint density at radius 2 is 2.08 bits per heavy atom. The fourth-order valence-corrected chi connectivity index (χ4v) is 4.27. The SMILES string of the molecule is COCCNC(=O)c1coc(COc2ccc3c(c2)C(c2cccc(F)c2)N(C(=O)C(C)C)CC3)n1. The number of rotatable bonds is 9. The number of benzene rings is 2. The second kappa shape index (κ2) is 11.3. The molecule has 1 atom stereocenters. The van der Waals surface area contributed by atoms with E-state index in [2.05, 4.69) is 10.3 Å². The van der Waals surface area contributed by atoms with Crippen molar-refractivity contribution >= 4 is 11.8 Å². The van der Waals surface area contributed by atoms with Crippen LogP contribution in [0.3, 0.4) is 0 Å². The Bertz CT molecular complexity index is 1230. The normalized spacial score (nSPS) is 15.0. The molecule has 0 bridgehead atoms. The smallest absolute Gasteiger partial charge is 0.273 e. The van der Waals surface area contributed by atoms with Crippen LogP contribution in [0.4, 0.5) is 4.39 Å². The first-order valence-corrected chi connectivity index (χ1v) is 11.9. The van der Waals surface area contributed by atoms with E-state index in [1.54, 1.807) is 13.2 Å². The van der Waals surface area contributed by atoms with Crippen LogP contribution in [0.2, 0.25) is 0 Å². The Balaban J connectivity index is 1.55. The quantitative estimate of drug-likeness (QED) is 0.453. The molecule has 36 heavy (non-hydrogen) atoms. The van der Waals surface area contributed by atoms with Crippen LogP contribution in [0.25, 0.3) is 0 Å². The Morgan fingerprint density at radius 1 is 1.25 bits per heavy atom. The maximum Gasteiger partial charge on any atom is 0.273 e. The molecule has 8 nitrogen and oxygen atoms in total. The van der Waals surface area contributed by atoms with Crippen molar-refractivity contribution in [3.8, 4) is 5.75 Å². The summed E-state index contributed by atoms with van der Waals surface area (Å²) in [5.74, 6) is -0.0786. The van der Waals surface area contributed by atoms with Gasteiger partial charge in [0.25, 0.3) is 5.91 Å². The first kappa shape index (κ1) is 25.4. The predicted molar refractivity (Wildman–Crippen MR) is 130 cm³/mol. The van der Waals surface area contributed by atoms with Gasteiger partial charge in [-0.1, -0.05) is 32.0 Å². The summed E-state index contributed by atoms with van der Waals surface area (Å²) >= 11 is 0. The van der Waals surface area contributed by atoms with E-state index in [1.165, 1.54) is 18.4 Å². The zero-order valence-corrected chi connectivity index (χ0v) is 20.6. The van der Waals surface area contributed by atoms with Gasteiger partial charge in [0.05, 0.1) is 12.6 Å². The number of ether oxygens (including phenoxy) is 2. The highest BCUT2D eigenvalue weighted by Gasteiger charge is 2.33. The minimum Gasteiger partial charge on any atom is -0.484 e. The second-order valence-electron chi connectivity index (χ2n) is 8.92. The van der Waals surface area contributed by atoms with Gasteiger partial charge in [-0.05, 0) is 47.4 Å². The average molecular weight is 496 g/mol. The first-order valence-electron chi connectivity index (χ1n) is 11.9. The largest absolute Gasteiger partial charge is 0.484 e. The number of methoxy groups -OCH3 is 1. The van der Waals surface area contributed by atoms with Gasteiger partial charge in [0, 0.05) is 26.1 Å². The molecular weight excluding hydrogens is 465 g/mol. The minimum absolute atomic E-state index is 0.0114. The molecule has 1 aliphatic rings. The van der Waals surface area contributed by atoms with E-state index in [9.17, 15) is 14.0 Å². The number of aromatic nitrogens is 1. The third-order valence-electron chi connectivity index (χ3n) is 6.03. The lowest BCUT2D eigenvalue weighted by atomic mass is 9.87. The van der Waals surface area contributed by atoms with Crippen LogP contribution in [-0.4, -0.2) is 48.5 Å². The van der Waals surface area contributed by atoms with E-state index >= 15 is 0 Å². The van der Waals surface area contributed by atoms with Crippen LogP contribution in [0.5, 0.6) is 5.75 Å². The van der Waals surface area contributed by atoms with Crippen molar-refractivity contribution in [2.75, 3.05) is 26.8 Å². The van der Waals surface area contributed by atoms with Crippen molar-refractivity contribution in [1.82, 2.24) is 15.2 Å². The van der Waals surface area contributed by atoms with Crippen molar-refractivity contribution in [3.63, 3.8) is 0 Å². The van der Waals surface area contributed by atoms with Gasteiger partial charge in [0.1, 0.15) is 17.8 Å². The molecule has 0 aliphatic carbocycles. The van der Waals surface area contributed by atoms with Gasteiger partial charge in [-0.2, -0.15) is 0 Å². The molecule has 1 unspecified atom stereocenters. The van der Waals surface area contributed by atoms with Crippen molar-refractivity contribution in [2.45, 2.75) is 32.9 Å². The van der Waals surface area contributed by atoms with Gasteiger partial charge in [-0.3, -0.25) is 9.59 Å². The molecule has 2 aromatic carbocycles. The molecule has 3 aromatic rings. The van der Waals surface area contributed by atoms with Gasteiger partial charge in [0.2, 0.25) is 11.8 Å². The second-order valence-corrected chi connectivity index (χ2v) is 8.92. The summed E-state index contributed by atoms with van der Waals surface area (Å²) in [7, 11) is 1.55. The van der Waals surface area contributed by atoms with E-state index in [1.807, 2.05) is 43.0 Å². The van der Waals surface area contributed by atoms with Gasteiger partial charge < -0.3 is 24.1 Å². The third kappa shape index (κ3) is 5.73. The zero-order valence-electron chi connectivity index (χ0n) is 20.6. The van der Waals surface area contributed by atoms with E-state index < -0.39 is 6.04 Å². The van der Waals surface area contributed by atoms with E-state index in [-0.39, 0.29) is 41.7 Å². The number of hydrogen-bond donors (Lipinski definition) is 1. The molecule has 1 N–H and O–H groups in total. The molecule has 0 saturated carbocycles. The van der Waals surface area contributed by atoms with Gasteiger partial charge in [0.15, 0.2) is 12.3 Å². The van der Waals surface area contributed by atoms with E-state index in [0.29, 0.717) is 37.4 Å². The molecule has 0 spiro atoms. The molecule has 0 fully saturated rings. The summed E-state index contributed by atoms with van der Waals surface area (Å²) in [4.78, 5) is 31.2. The number of hydrogen-bond acceptors (Lipinski definition) is 6. The van der Waals surface area contributed by atoms with Crippen LogP contribution in [0.1, 0.15) is 53.0 Å². The van der Waals surface area contributed by atoms with Crippen molar-refractivity contribution in [3.05, 3.63) is 82.8 Å². The number of carbonyl (C=O) groups is 2. The lowest BCUT2D eigenvalue weighted by Crippen LogP contribution is -2.42. The maximum atomic E-state index is 14.1.